The van der Waals surface area contributed by atoms with Gasteiger partial charge in [-0.2, -0.15) is 5.48 Å². The van der Waals surface area contributed by atoms with Gasteiger partial charge in [0.2, 0.25) is 0 Å². The molecule has 0 bridgehead atoms. The smallest absolute Gasteiger partial charge is 0.0790 e. The van der Waals surface area contributed by atoms with Crippen LogP contribution in [0.4, 0.5) is 0 Å². The third kappa shape index (κ3) is 3.36. The van der Waals surface area contributed by atoms with Crippen LogP contribution in [0.5, 0.6) is 0 Å². The van der Waals surface area contributed by atoms with Gasteiger partial charge in [-0.1, -0.05) is 36.0 Å². The molecule has 16 heavy (non-hydrogen) atoms. The first-order chi connectivity index (χ1) is 7.75. The van der Waals surface area contributed by atoms with Gasteiger partial charge in [-0.05, 0) is 36.6 Å². The summed E-state index contributed by atoms with van der Waals surface area (Å²) in [5.41, 5.74) is 3.93. The summed E-state index contributed by atoms with van der Waals surface area (Å²) in [6.07, 6.45) is 5.19. The van der Waals surface area contributed by atoms with Crippen LogP contribution in [0.25, 0.3) is 0 Å². The van der Waals surface area contributed by atoms with Crippen molar-refractivity contribution >= 4 is 23.2 Å². The van der Waals surface area contributed by atoms with Crippen LogP contribution in [0.1, 0.15) is 31.2 Å². The minimum Gasteiger partial charge on any atom is -0.298 e. The Labute approximate surface area is 106 Å². The van der Waals surface area contributed by atoms with Crippen LogP contribution in [-0.2, 0) is 11.4 Å². The first kappa shape index (κ1) is 12.2. The van der Waals surface area contributed by atoms with Crippen LogP contribution in [-0.4, -0.2) is 6.10 Å². The zero-order chi connectivity index (χ0) is 11.4. The minimum atomic E-state index is 0.359. The SMILES string of the molecule is Clc1ccc(Cl)c(CNOC2CCCC2)c1. The Kier molecular flexibility index (Phi) is 4.47. The number of rotatable bonds is 4. The molecule has 2 rings (SSSR count). The summed E-state index contributed by atoms with van der Waals surface area (Å²) < 4.78 is 0. The van der Waals surface area contributed by atoms with Gasteiger partial charge in [-0.15, -0.1) is 0 Å². The van der Waals surface area contributed by atoms with Crippen molar-refractivity contribution in [3.63, 3.8) is 0 Å². The highest BCUT2D eigenvalue weighted by atomic mass is 35.5. The zero-order valence-corrected chi connectivity index (χ0v) is 10.5. The molecule has 0 aromatic heterocycles. The monoisotopic (exact) mass is 259 g/mol. The average Bonchev–Trinajstić information content (AvgIpc) is 2.76. The van der Waals surface area contributed by atoms with Crippen LogP contribution in [0.15, 0.2) is 18.2 Å². The molecule has 1 saturated carbocycles. The average molecular weight is 260 g/mol. The van der Waals surface area contributed by atoms with Gasteiger partial charge >= 0.3 is 0 Å². The molecule has 1 aromatic rings. The van der Waals surface area contributed by atoms with Crippen LogP contribution in [0.2, 0.25) is 10.0 Å². The molecule has 0 unspecified atom stereocenters. The van der Waals surface area contributed by atoms with E-state index in [2.05, 4.69) is 5.48 Å². The molecule has 4 heteroatoms. The molecule has 2 nitrogen and oxygen atoms in total. The largest absolute Gasteiger partial charge is 0.298 e. The molecule has 1 aliphatic carbocycles. The van der Waals surface area contributed by atoms with E-state index in [1.54, 1.807) is 12.1 Å². The predicted octanol–water partition coefficient (Wildman–Crippen LogP) is 3.96. The third-order valence-electron chi connectivity index (χ3n) is 2.82. The number of hydrogen-bond acceptors (Lipinski definition) is 2. The van der Waals surface area contributed by atoms with Crippen molar-refractivity contribution < 1.29 is 4.84 Å². The van der Waals surface area contributed by atoms with E-state index in [9.17, 15) is 0 Å². The first-order valence-corrected chi connectivity index (χ1v) is 6.34. The zero-order valence-electron chi connectivity index (χ0n) is 9.01. The summed E-state index contributed by atoms with van der Waals surface area (Å²) in [6.45, 7) is 0.593. The van der Waals surface area contributed by atoms with Gasteiger partial charge in [0.05, 0.1) is 6.10 Å². The number of benzene rings is 1. The Balaban J connectivity index is 1.82. The molecule has 1 aliphatic rings. The summed E-state index contributed by atoms with van der Waals surface area (Å²) >= 11 is 11.9. The highest BCUT2D eigenvalue weighted by molar-refractivity contribution is 6.33. The third-order valence-corrected chi connectivity index (χ3v) is 3.43. The van der Waals surface area contributed by atoms with Gasteiger partial charge in [0.15, 0.2) is 0 Å². The normalized spacial score (nSPS) is 16.9. The molecule has 1 fully saturated rings. The lowest BCUT2D eigenvalue weighted by Crippen LogP contribution is -2.21. The van der Waals surface area contributed by atoms with E-state index in [0.717, 1.165) is 18.4 Å². The Hall–Kier alpha value is -0.280. The van der Waals surface area contributed by atoms with Crippen molar-refractivity contribution in [1.29, 1.82) is 0 Å². The maximum absolute atomic E-state index is 6.04. The van der Waals surface area contributed by atoms with Crippen LogP contribution in [0, 0.1) is 0 Å². The standard InChI is InChI=1S/C12H15Cl2NO/c13-10-5-6-12(14)9(7-10)8-15-16-11-3-1-2-4-11/h5-7,11,15H,1-4,8H2. The van der Waals surface area contributed by atoms with Gasteiger partial charge in [0, 0.05) is 16.6 Å². The van der Waals surface area contributed by atoms with E-state index in [4.69, 9.17) is 28.0 Å². The Morgan fingerprint density at radius 1 is 1.25 bits per heavy atom. The summed E-state index contributed by atoms with van der Waals surface area (Å²) in [4.78, 5) is 5.55. The predicted molar refractivity (Wildman–Crippen MR) is 66.6 cm³/mol. The van der Waals surface area contributed by atoms with Crippen LogP contribution >= 0.6 is 23.2 Å². The second-order valence-electron chi connectivity index (χ2n) is 4.08. The van der Waals surface area contributed by atoms with E-state index in [1.165, 1.54) is 12.8 Å². The Morgan fingerprint density at radius 2 is 2.00 bits per heavy atom. The Bertz CT molecular complexity index is 351. The van der Waals surface area contributed by atoms with Crippen molar-refractivity contribution in [1.82, 2.24) is 5.48 Å². The summed E-state index contributed by atoms with van der Waals surface area (Å²) in [5.74, 6) is 0. The topological polar surface area (TPSA) is 21.3 Å². The molecule has 1 N–H and O–H groups in total. The van der Waals surface area contributed by atoms with E-state index in [1.807, 2.05) is 6.07 Å². The molecule has 0 spiro atoms. The highest BCUT2D eigenvalue weighted by Crippen LogP contribution is 2.22. The van der Waals surface area contributed by atoms with Crippen molar-refractivity contribution in [3.8, 4) is 0 Å². The van der Waals surface area contributed by atoms with Gasteiger partial charge < -0.3 is 0 Å². The lowest BCUT2D eigenvalue weighted by molar-refractivity contribution is -0.0243. The first-order valence-electron chi connectivity index (χ1n) is 5.58. The molecular weight excluding hydrogens is 245 g/mol. The highest BCUT2D eigenvalue weighted by Gasteiger charge is 2.15. The molecule has 0 radical (unpaired) electrons. The molecule has 1 aromatic carbocycles. The Morgan fingerprint density at radius 3 is 2.75 bits per heavy atom. The van der Waals surface area contributed by atoms with Crippen LogP contribution in [0.3, 0.4) is 0 Å². The van der Waals surface area contributed by atoms with Crippen LogP contribution < -0.4 is 5.48 Å². The van der Waals surface area contributed by atoms with E-state index in [-0.39, 0.29) is 0 Å². The summed E-state index contributed by atoms with van der Waals surface area (Å²) in [7, 11) is 0. The quantitative estimate of drug-likeness (QED) is 0.827. The second-order valence-corrected chi connectivity index (χ2v) is 4.92. The molecule has 0 heterocycles. The summed E-state index contributed by atoms with van der Waals surface area (Å²) in [5, 5.41) is 1.41. The number of hydrogen-bond donors (Lipinski definition) is 1. The van der Waals surface area contributed by atoms with Crippen molar-refractivity contribution in [2.45, 2.75) is 38.3 Å². The lowest BCUT2D eigenvalue weighted by atomic mass is 10.2. The fraction of sp³-hybridized carbons (Fsp3) is 0.500. The number of nitrogens with one attached hydrogen (secondary N) is 1. The van der Waals surface area contributed by atoms with E-state index in [0.29, 0.717) is 22.7 Å². The number of halogens is 2. The van der Waals surface area contributed by atoms with E-state index < -0.39 is 0 Å². The van der Waals surface area contributed by atoms with Gasteiger partial charge in [0.1, 0.15) is 0 Å². The van der Waals surface area contributed by atoms with Crippen molar-refractivity contribution in [2.75, 3.05) is 0 Å². The fourth-order valence-electron chi connectivity index (χ4n) is 1.92. The molecule has 0 saturated heterocycles. The van der Waals surface area contributed by atoms with Crippen molar-refractivity contribution in [2.24, 2.45) is 0 Å². The van der Waals surface area contributed by atoms with Gasteiger partial charge in [-0.3, -0.25) is 4.84 Å². The fourth-order valence-corrected chi connectivity index (χ4v) is 2.30. The molecular formula is C12H15Cl2NO. The second kappa shape index (κ2) is 5.87. The lowest BCUT2D eigenvalue weighted by Gasteiger charge is -2.12. The maximum Gasteiger partial charge on any atom is 0.0790 e. The number of hydroxylamine groups is 1. The summed E-state index contributed by atoms with van der Waals surface area (Å²) in [6, 6.07) is 5.44. The van der Waals surface area contributed by atoms with Gasteiger partial charge in [-0.25, -0.2) is 0 Å². The van der Waals surface area contributed by atoms with Gasteiger partial charge in [0.25, 0.3) is 0 Å². The molecule has 88 valence electrons. The van der Waals surface area contributed by atoms with E-state index >= 15 is 0 Å². The van der Waals surface area contributed by atoms with Crippen molar-refractivity contribution in [3.05, 3.63) is 33.8 Å². The molecule has 0 amide bonds. The minimum absolute atomic E-state index is 0.359. The maximum atomic E-state index is 6.04. The molecule has 0 aliphatic heterocycles. The molecule has 0 atom stereocenters.